The van der Waals surface area contributed by atoms with E-state index in [-0.39, 0.29) is 47.9 Å². The largest absolute Gasteiger partial charge is 0.347 e. The standard InChI is InChI=1S/C22H24N4O3/c1-3-25-16-7-5-4-6-15(16)24-17(25)11-23-20(27)12(2)26-21(28)18-13-8-9-14(10-13)19(18)22(26)29/h4-9,12-14,18-19H,3,10-11H2,1-2H3,(H,23,27)/t12-,13-,14-,18-,19+/m0/s1. The number of aromatic nitrogens is 2. The summed E-state index contributed by atoms with van der Waals surface area (Å²) in [5.74, 6) is -0.235. The number of hydrogen-bond acceptors (Lipinski definition) is 4. The summed E-state index contributed by atoms with van der Waals surface area (Å²) < 4.78 is 2.06. The summed E-state index contributed by atoms with van der Waals surface area (Å²) in [6.45, 7) is 4.65. The number of amides is 3. The van der Waals surface area contributed by atoms with E-state index in [1.807, 2.05) is 31.2 Å². The second kappa shape index (κ2) is 6.54. The number of nitrogens with one attached hydrogen (secondary N) is 1. The Morgan fingerprint density at radius 2 is 1.83 bits per heavy atom. The van der Waals surface area contributed by atoms with Crippen LogP contribution < -0.4 is 5.32 Å². The zero-order valence-electron chi connectivity index (χ0n) is 16.5. The van der Waals surface area contributed by atoms with Crippen LogP contribution in [0.3, 0.4) is 0 Å². The zero-order valence-corrected chi connectivity index (χ0v) is 16.5. The third kappa shape index (κ3) is 2.56. The van der Waals surface area contributed by atoms with Crippen LogP contribution in [-0.4, -0.2) is 38.2 Å². The molecule has 7 heteroatoms. The summed E-state index contributed by atoms with van der Waals surface area (Å²) in [6.07, 6.45) is 5.00. The Bertz CT molecular complexity index is 1030. The van der Waals surface area contributed by atoms with Crippen molar-refractivity contribution in [1.29, 1.82) is 0 Å². The van der Waals surface area contributed by atoms with Gasteiger partial charge in [0.2, 0.25) is 17.7 Å². The van der Waals surface area contributed by atoms with Gasteiger partial charge in [0.1, 0.15) is 11.9 Å². The molecule has 29 heavy (non-hydrogen) atoms. The minimum Gasteiger partial charge on any atom is -0.347 e. The molecular formula is C22H24N4O3. The smallest absolute Gasteiger partial charge is 0.243 e. The predicted octanol–water partition coefficient (Wildman–Crippen LogP) is 1.87. The lowest BCUT2D eigenvalue weighted by Crippen LogP contribution is -2.48. The average Bonchev–Trinajstić information content (AvgIpc) is 3.47. The first-order valence-electron chi connectivity index (χ1n) is 10.3. The Balaban J connectivity index is 1.31. The molecule has 3 amide bonds. The fraction of sp³-hybridized carbons (Fsp3) is 0.455. The molecular weight excluding hydrogens is 368 g/mol. The number of carbonyl (C=O) groups is 3. The second-order valence-corrected chi connectivity index (χ2v) is 8.20. The number of benzene rings is 1. The van der Waals surface area contributed by atoms with Crippen molar-refractivity contribution in [2.45, 2.75) is 39.4 Å². The van der Waals surface area contributed by atoms with E-state index in [2.05, 4.69) is 27.0 Å². The van der Waals surface area contributed by atoms with E-state index in [1.54, 1.807) is 6.92 Å². The van der Waals surface area contributed by atoms with E-state index in [9.17, 15) is 14.4 Å². The summed E-state index contributed by atoms with van der Waals surface area (Å²) in [7, 11) is 0. The molecule has 150 valence electrons. The number of aryl methyl sites for hydroxylation is 1. The zero-order chi connectivity index (χ0) is 20.3. The van der Waals surface area contributed by atoms with Crippen LogP contribution >= 0.6 is 0 Å². The summed E-state index contributed by atoms with van der Waals surface area (Å²) >= 11 is 0. The quantitative estimate of drug-likeness (QED) is 0.622. The molecule has 0 spiro atoms. The van der Waals surface area contributed by atoms with Crippen LogP contribution in [0.15, 0.2) is 36.4 Å². The molecule has 0 unspecified atom stereocenters. The van der Waals surface area contributed by atoms with Crippen molar-refractivity contribution in [2.75, 3.05) is 0 Å². The number of fused-ring (bicyclic) bond motifs is 6. The number of hydrogen-bond donors (Lipinski definition) is 1. The van der Waals surface area contributed by atoms with Crippen molar-refractivity contribution < 1.29 is 14.4 Å². The van der Waals surface area contributed by atoms with Crippen molar-refractivity contribution >= 4 is 28.8 Å². The van der Waals surface area contributed by atoms with Crippen molar-refractivity contribution in [3.05, 3.63) is 42.2 Å². The molecule has 2 aromatic rings. The number of imide groups is 1. The highest BCUT2D eigenvalue weighted by atomic mass is 16.2. The van der Waals surface area contributed by atoms with Gasteiger partial charge in [0.05, 0.1) is 29.4 Å². The molecule has 1 N–H and O–H groups in total. The number of rotatable bonds is 5. The first kappa shape index (κ1) is 18.1. The van der Waals surface area contributed by atoms with E-state index in [0.29, 0.717) is 0 Å². The number of carbonyl (C=O) groups excluding carboxylic acids is 3. The van der Waals surface area contributed by atoms with E-state index in [4.69, 9.17) is 0 Å². The maximum Gasteiger partial charge on any atom is 0.243 e. The molecule has 0 radical (unpaired) electrons. The summed E-state index contributed by atoms with van der Waals surface area (Å²) in [5, 5.41) is 2.87. The van der Waals surface area contributed by atoms with Crippen molar-refractivity contribution in [3.8, 4) is 0 Å². The summed E-state index contributed by atoms with van der Waals surface area (Å²) in [4.78, 5) is 44.4. The molecule has 5 rings (SSSR count). The Kier molecular flexibility index (Phi) is 4.08. The molecule has 5 atom stereocenters. The molecule has 1 aromatic carbocycles. The van der Waals surface area contributed by atoms with Gasteiger partial charge < -0.3 is 9.88 Å². The average molecular weight is 392 g/mol. The summed E-state index contributed by atoms with van der Waals surface area (Å²) in [6, 6.07) is 7.02. The van der Waals surface area contributed by atoms with Crippen LogP contribution in [0.5, 0.6) is 0 Å². The lowest BCUT2D eigenvalue weighted by atomic mass is 9.85. The molecule has 1 aliphatic heterocycles. The van der Waals surface area contributed by atoms with Crippen LogP contribution in [0.25, 0.3) is 11.0 Å². The number of nitrogens with zero attached hydrogens (tertiary/aromatic N) is 3. The number of likely N-dealkylation sites (tertiary alicyclic amines) is 1. The maximum absolute atomic E-state index is 12.9. The van der Waals surface area contributed by atoms with Crippen LogP contribution in [-0.2, 0) is 27.5 Å². The van der Waals surface area contributed by atoms with Gasteiger partial charge in [0, 0.05) is 6.54 Å². The SMILES string of the molecule is CCn1c(CNC(=O)[C@H](C)N2C(=O)[C@@H]3[C@H](C2=O)[C@H]2C=C[C@H]3C2)nc2ccccc21. The molecule has 2 bridgehead atoms. The normalized spacial score (nSPS) is 28.4. The van der Waals surface area contributed by atoms with Gasteiger partial charge in [-0.1, -0.05) is 24.3 Å². The summed E-state index contributed by atoms with van der Waals surface area (Å²) in [5.41, 5.74) is 1.90. The number of imidazole rings is 1. The maximum atomic E-state index is 12.9. The van der Waals surface area contributed by atoms with Gasteiger partial charge in [0.25, 0.3) is 0 Å². The van der Waals surface area contributed by atoms with Gasteiger partial charge in [-0.25, -0.2) is 4.98 Å². The van der Waals surface area contributed by atoms with Gasteiger partial charge >= 0.3 is 0 Å². The van der Waals surface area contributed by atoms with E-state index in [0.717, 1.165) is 29.8 Å². The monoisotopic (exact) mass is 392 g/mol. The Hall–Kier alpha value is -2.96. The highest BCUT2D eigenvalue weighted by Gasteiger charge is 2.60. The topological polar surface area (TPSA) is 84.3 Å². The van der Waals surface area contributed by atoms with Gasteiger partial charge in [-0.2, -0.15) is 0 Å². The molecule has 2 heterocycles. The van der Waals surface area contributed by atoms with E-state index < -0.39 is 6.04 Å². The van der Waals surface area contributed by atoms with Crippen LogP contribution in [0, 0.1) is 23.7 Å². The fourth-order valence-corrected chi connectivity index (χ4v) is 5.35. The lowest BCUT2D eigenvalue weighted by Gasteiger charge is -2.23. The minimum atomic E-state index is -0.820. The van der Waals surface area contributed by atoms with Crippen molar-refractivity contribution in [3.63, 3.8) is 0 Å². The van der Waals surface area contributed by atoms with Crippen LogP contribution in [0.4, 0.5) is 0 Å². The minimum absolute atomic E-state index is 0.145. The Morgan fingerprint density at radius 3 is 2.48 bits per heavy atom. The molecule has 1 aromatic heterocycles. The first-order valence-corrected chi connectivity index (χ1v) is 10.3. The molecule has 1 saturated carbocycles. The van der Waals surface area contributed by atoms with Gasteiger partial charge in [0.15, 0.2) is 0 Å². The second-order valence-electron chi connectivity index (χ2n) is 8.20. The van der Waals surface area contributed by atoms with Crippen molar-refractivity contribution in [1.82, 2.24) is 19.8 Å². The highest BCUT2D eigenvalue weighted by Crippen LogP contribution is 2.52. The Labute approximate surface area is 168 Å². The molecule has 7 nitrogen and oxygen atoms in total. The van der Waals surface area contributed by atoms with Gasteiger partial charge in [-0.3, -0.25) is 19.3 Å². The van der Waals surface area contributed by atoms with E-state index >= 15 is 0 Å². The number of allylic oxidation sites excluding steroid dienone is 2. The van der Waals surface area contributed by atoms with E-state index in [1.165, 1.54) is 4.90 Å². The molecule has 2 aliphatic carbocycles. The predicted molar refractivity (Wildman–Crippen MR) is 106 cm³/mol. The van der Waals surface area contributed by atoms with Gasteiger partial charge in [-0.15, -0.1) is 0 Å². The molecule has 3 aliphatic rings. The fourth-order valence-electron chi connectivity index (χ4n) is 5.35. The molecule has 1 saturated heterocycles. The Morgan fingerprint density at radius 1 is 1.17 bits per heavy atom. The number of para-hydroxylation sites is 2. The van der Waals surface area contributed by atoms with Gasteiger partial charge in [-0.05, 0) is 44.2 Å². The lowest BCUT2D eigenvalue weighted by molar-refractivity contribution is -0.148. The van der Waals surface area contributed by atoms with Crippen LogP contribution in [0.1, 0.15) is 26.1 Å². The van der Waals surface area contributed by atoms with Crippen LogP contribution in [0.2, 0.25) is 0 Å². The first-order chi connectivity index (χ1) is 14.0. The third-order valence-electron chi connectivity index (χ3n) is 6.74. The highest BCUT2D eigenvalue weighted by molar-refractivity contribution is 6.09. The third-order valence-corrected chi connectivity index (χ3v) is 6.74. The molecule has 2 fully saturated rings. The van der Waals surface area contributed by atoms with Crippen molar-refractivity contribution in [2.24, 2.45) is 23.7 Å².